The van der Waals surface area contributed by atoms with Crippen LogP contribution in [0, 0.1) is 12.7 Å². The average Bonchev–Trinajstić information content (AvgIpc) is 2.64. The largest absolute Gasteiger partial charge is 0.207 e. The van der Waals surface area contributed by atoms with E-state index in [-0.39, 0.29) is 10.6 Å². The van der Waals surface area contributed by atoms with Gasteiger partial charge in [-0.3, -0.25) is 0 Å². The molecule has 0 aliphatic carbocycles. The van der Waals surface area contributed by atoms with Crippen LogP contribution in [0.2, 0.25) is 9.36 Å². The van der Waals surface area contributed by atoms with Gasteiger partial charge in [0.05, 0.1) is 9.16 Å². The minimum atomic E-state index is -0.272. The summed E-state index contributed by atoms with van der Waals surface area (Å²) in [7, 11) is 0. The maximum atomic E-state index is 13.7. The van der Waals surface area contributed by atoms with E-state index in [1.54, 1.807) is 12.1 Å². The third kappa shape index (κ3) is 3.08. The third-order valence-electron chi connectivity index (χ3n) is 2.63. The van der Waals surface area contributed by atoms with Crippen molar-refractivity contribution in [2.75, 3.05) is 0 Å². The predicted molar refractivity (Wildman–Crippen MR) is 80.8 cm³/mol. The molecule has 0 spiro atoms. The maximum Gasteiger partial charge on any atom is 0.127 e. The van der Waals surface area contributed by atoms with E-state index in [9.17, 15) is 4.39 Å². The molecule has 0 aliphatic heterocycles. The van der Waals surface area contributed by atoms with Crippen molar-refractivity contribution in [2.24, 2.45) is 0 Å². The first-order chi connectivity index (χ1) is 8.49. The third-order valence-corrected chi connectivity index (χ3v) is 5.77. The molecule has 1 unspecified atom stereocenters. The van der Waals surface area contributed by atoms with Crippen LogP contribution >= 0.6 is 50.5 Å². The van der Waals surface area contributed by atoms with Crippen molar-refractivity contribution in [3.63, 3.8) is 0 Å². The second-order valence-electron chi connectivity index (χ2n) is 3.98. The Balaban J connectivity index is 2.23. The minimum Gasteiger partial charge on any atom is -0.207 e. The second-order valence-corrected chi connectivity index (χ2v) is 7.18. The number of halogens is 4. The Morgan fingerprint density at radius 2 is 2.11 bits per heavy atom. The van der Waals surface area contributed by atoms with E-state index in [0.29, 0.717) is 17.0 Å². The molecule has 1 aromatic carbocycles. The predicted octanol–water partition coefficient (Wildman–Crippen LogP) is 6.18. The van der Waals surface area contributed by atoms with E-state index in [4.69, 9.17) is 23.2 Å². The Morgan fingerprint density at radius 1 is 1.39 bits per heavy atom. The summed E-state index contributed by atoms with van der Waals surface area (Å²) < 4.78 is 14.5. The summed E-state index contributed by atoms with van der Waals surface area (Å²) >= 11 is 17.1. The molecule has 2 rings (SSSR count). The van der Waals surface area contributed by atoms with Crippen LogP contribution in [0.25, 0.3) is 0 Å². The number of thiophene rings is 1. The number of hydrogen-bond acceptors (Lipinski definition) is 1. The van der Waals surface area contributed by atoms with Crippen LogP contribution < -0.4 is 0 Å². The molecular weight excluding hydrogens is 358 g/mol. The number of hydrogen-bond donors (Lipinski definition) is 0. The molecule has 0 bridgehead atoms. The molecule has 96 valence electrons. The lowest BCUT2D eigenvalue weighted by molar-refractivity contribution is 0.609. The van der Waals surface area contributed by atoms with Crippen LogP contribution in [0.1, 0.15) is 20.8 Å². The average molecular weight is 368 g/mol. The van der Waals surface area contributed by atoms with Gasteiger partial charge in [-0.1, -0.05) is 45.2 Å². The highest BCUT2D eigenvalue weighted by Crippen LogP contribution is 2.38. The summed E-state index contributed by atoms with van der Waals surface area (Å²) in [6.45, 7) is 1.96. The molecule has 0 nitrogen and oxygen atoms in total. The fourth-order valence-corrected chi connectivity index (χ4v) is 3.82. The van der Waals surface area contributed by atoms with Crippen molar-refractivity contribution in [1.82, 2.24) is 0 Å². The van der Waals surface area contributed by atoms with Gasteiger partial charge in [0.1, 0.15) is 5.82 Å². The molecular formula is C13H10BrCl2FS. The normalized spacial score (nSPS) is 12.7. The van der Waals surface area contributed by atoms with Crippen molar-refractivity contribution in [3.8, 4) is 0 Å². The molecule has 0 saturated heterocycles. The van der Waals surface area contributed by atoms with E-state index >= 15 is 0 Å². The maximum absolute atomic E-state index is 13.7. The highest BCUT2D eigenvalue weighted by Gasteiger charge is 2.17. The van der Waals surface area contributed by atoms with Gasteiger partial charge < -0.3 is 0 Å². The highest BCUT2D eigenvalue weighted by atomic mass is 79.9. The molecule has 0 fully saturated rings. The van der Waals surface area contributed by atoms with E-state index in [1.807, 2.05) is 13.0 Å². The highest BCUT2D eigenvalue weighted by molar-refractivity contribution is 9.09. The summed E-state index contributed by atoms with van der Waals surface area (Å²) in [5, 5.41) is 0.457. The summed E-state index contributed by atoms with van der Waals surface area (Å²) in [4.78, 5) is 1.10. The zero-order valence-corrected chi connectivity index (χ0v) is 13.4. The van der Waals surface area contributed by atoms with Gasteiger partial charge in [0, 0.05) is 15.5 Å². The SMILES string of the molecule is Cc1cc(C(Br)Cc2c(F)cccc2Cl)sc1Cl. The molecule has 2 aromatic rings. The number of alkyl halides is 1. The smallest absolute Gasteiger partial charge is 0.127 e. The van der Waals surface area contributed by atoms with Crippen LogP contribution in [0.15, 0.2) is 24.3 Å². The fraction of sp³-hybridized carbons (Fsp3) is 0.231. The minimum absolute atomic E-state index is 0.0168. The molecule has 0 amide bonds. The molecule has 0 N–H and O–H groups in total. The molecule has 0 aliphatic rings. The monoisotopic (exact) mass is 366 g/mol. The topological polar surface area (TPSA) is 0 Å². The summed E-state index contributed by atoms with van der Waals surface area (Å²) in [5.41, 5.74) is 1.57. The van der Waals surface area contributed by atoms with Gasteiger partial charge in [-0.15, -0.1) is 11.3 Å². The van der Waals surface area contributed by atoms with E-state index in [0.717, 1.165) is 14.8 Å². The number of rotatable bonds is 3. The van der Waals surface area contributed by atoms with Gasteiger partial charge >= 0.3 is 0 Å². The van der Waals surface area contributed by atoms with Crippen LogP contribution in [-0.4, -0.2) is 0 Å². The molecule has 5 heteroatoms. The molecule has 1 atom stereocenters. The van der Waals surface area contributed by atoms with Crippen molar-refractivity contribution < 1.29 is 4.39 Å². The first-order valence-corrected chi connectivity index (χ1v) is 7.80. The zero-order chi connectivity index (χ0) is 13.3. The lowest BCUT2D eigenvalue weighted by Crippen LogP contribution is -1.97. The van der Waals surface area contributed by atoms with Crippen LogP contribution in [-0.2, 0) is 6.42 Å². The van der Waals surface area contributed by atoms with Gasteiger partial charge in [0.25, 0.3) is 0 Å². The molecule has 18 heavy (non-hydrogen) atoms. The quantitative estimate of drug-likeness (QED) is 0.568. The summed E-state index contributed by atoms with van der Waals surface area (Å²) in [5.74, 6) is -0.272. The number of aryl methyl sites for hydroxylation is 1. The molecule has 0 saturated carbocycles. The lowest BCUT2D eigenvalue weighted by Gasteiger charge is -2.10. The first kappa shape index (κ1) is 14.3. The summed E-state index contributed by atoms with van der Waals surface area (Å²) in [6, 6.07) is 6.75. The Labute approximate surface area is 128 Å². The Hall–Kier alpha value is -0.0900. The van der Waals surface area contributed by atoms with Crippen molar-refractivity contribution >= 4 is 50.5 Å². The fourth-order valence-electron chi connectivity index (χ4n) is 1.65. The Kier molecular flexibility index (Phi) is 4.70. The Bertz CT molecular complexity index is 528. The summed E-state index contributed by atoms with van der Waals surface area (Å²) in [6.07, 6.45) is 0.502. The standard InChI is InChI=1S/C13H10BrCl2FS/c1-7-5-12(18-13(7)16)9(14)6-8-10(15)3-2-4-11(8)17/h2-5,9H,6H2,1H3. The van der Waals surface area contributed by atoms with Crippen molar-refractivity contribution in [1.29, 1.82) is 0 Å². The zero-order valence-electron chi connectivity index (χ0n) is 9.51. The second kappa shape index (κ2) is 5.91. The molecule has 1 aromatic heterocycles. The molecule has 1 heterocycles. The lowest BCUT2D eigenvalue weighted by atomic mass is 10.1. The van der Waals surface area contributed by atoms with Gasteiger partial charge in [0.2, 0.25) is 0 Å². The van der Waals surface area contributed by atoms with Crippen LogP contribution in [0.5, 0.6) is 0 Å². The Morgan fingerprint density at radius 3 is 2.67 bits per heavy atom. The van der Waals surface area contributed by atoms with Gasteiger partial charge in [0.15, 0.2) is 0 Å². The number of benzene rings is 1. The van der Waals surface area contributed by atoms with E-state index < -0.39 is 0 Å². The van der Waals surface area contributed by atoms with Crippen LogP contribution in [0.3, 0.4) is 0 Å². The van der Waals surface area contributed by atoms with Gasteiger partial charge in [-0.2, -0.15) is 0 Å². The van der Waals surface area contributed by atoms with Crippen LogP contribution in [0.4, 0.5) is 4.39 Å². The van der Waals surface area contributed by atoms with Gasteiger partial charge in [-0.05, 0) is 37.1 Å². The first-order valence-electron chi connectivity index (χ1n) is 5.32. The van der Waals surface area contributed by atoms with Crippen molar-refractivity contribution in [3.05, 3.63) is 55.4 Å². The van der Waals surface area contributed by atoms with Crippen molar-refractivity contribution in [2.45, 2.75) is 18.2 Å². The molecule has 0 radical (unpaired) electrons. The van der Waals surface area contributed by atoms with E-state index in [2.05, 4.69) is 15.9 Å². The van der Waals surface area contributed by atoms with E-state index in [1.165, 1.54) is 17.4 Å². The van der Waals surface area contributed by atoms with Gasteiger partial charge in [-0.25, -0.2) is 4.39 Å².